The fourth-order valence-electron chi connectivity index (χ4n) is 5.98. The number of anilines is 1. The summed E-state index contributed by atoms with van der Waals surface area (Å²) in [6.07, 6.45) is 6.37. The maximum absolute atomic E-state index is 13.6. The van der Waals surface area contributed by atoms with Gasteiger partial charge in [-0.05, 0) is 49.9 Å². The number of Topliss-reactive ketones (excluding diaryl/α,β-unsaturated/α-hetero) is 1. The first-order chi connectivity index (χ1) is 19.3. The van der Waals surface area contributed by atoms with E-state index >= 15 is 0 Å². The molecule has 208 valence electrons. The molecule has 40 heavy (non-hydrogen) atoms. The maximum Gasteiger partial charge on any atom is 0.245 e. The van der Waals surface area contributed by atoms with Gasteiger partial charge in [0.05, 0.1) is 29.2 Å². The Kier molecular flexibility index (Phi) is 6.95. The number of aromatic nitrogens is 2. The van der Waals surface area contributed by atoms with Crippen LogP contribution >= 0.6 is 0 Å². The molecule has 2 atom stereocenters. The predicted octanol–water partition coefficient (Wildman–Crippen LogP) is 5.31. The molecule has 8 nitrogen and oxygen atoms in total. The van der Waals surface area contributed by atoms with Crippen molar-refractivity contribution in [3.63, 3.8) is 0 Å². The molecule has 0 spiro atoms. The minimum absolute atomic E-state index is 0.114. The topological polar surface area (TPSA) is 117 Å². The number of carbonyl (C=O) groups is 1. The Hall–Kier alpha value is -3.58. The third-order valence-corrected chi connectivity index (χ3v) is 10.2. The second-order valence-electron chi connectivity index (χ2n) is 11.3. The van der Waals surface area contributed by atoms with Gasteiger partial charge in [-0.3, -0.25) is 4.79 Å². The number of hydrogen-bond donors (Lipinski definition) is 0. The number of benzene rings is 1. The highest BCUT2D eigenvalue weighted by Gasteiger charge is 2.47. The summed E-state index contributed by atoms with van der Waals surface area (Å²) >= 11 is 0. The van der Waals surface area contributed by atoms with Gasteiger partial charge >= 0.3 is 0 Å². The quantitative estimate of drug-likeness (QED) is 0.380. The van der Waals surface area contributed by atoms with Crippen molar-refractivity contribution in [2.45, 2.75) is 50.9 Å². The number of pyridine rings is 1. The lowest BCUT2D eigenvalue weighted by Crippen LogP contribution is -2.40. The molecular weight excluding hydrogens is 531 g/mol. The van der Waals surface area contributed by atoms with E-state index in [-0.39, 0.29) is 41.4 Å². The normalized spacial score (nSPS) is 23.4. The van der Waals surface area contributed by atoms with E-state index in [9.17, 15) is 22.9 Å². The van der Waals surface area contributed by atoms with Gasteiger partial charge in [-0.1, -0.05) is 25.0 Å². The van der Waals surface area contributed by atoms with Crippen LogP contribution in [0.4, 0.5) is 10.1 Å². The SMILES string of the molecule is N#CC1(CC(=O)[C@@H]2CCCC[C@H]2c2oc(-c3ccc(F)cn3)nc2-c2ccc(N3CCS(=O)(=O)CC3)cc2)CC1. The Labute approximate surface area is 233 Å². The van der Waals surface area contributed by atoms with Gasteiger partial charge < -0.3 is 9.32 Å². The van der Waals surface area contributed by atoms with Crippen LogP contribution in [-0.2, 0) is 14.6 Å². The van der Waals surface area contributed by atoms with E-state index in [2.05, 4.69) is 16.0 Å². The van der Waals surface area contributed by atoms with Gasteiger partial charge in [-0.15, -0.1) is 0 Å². The summed E-state index contributed by atoms with van der Waals surface area (Å²) in [6.45, 7) is 0.903. The Bertz CT molecular complexity index is 1540. The average molecular weight is 563 g/mol. The molecule has 3 heterocycles. The van der Waals surface area contributed by atoms with Gasteiger partial charge in [-0.25, -0.2) is 22.8 Å². The highest BCUT2D eigenvalue weighted by molar-refractivity contribution is 7.91. The van der Waals surface area contributed by atoms with Crippen molar-refractivity contribution in [2.75, 3.05) is 29.5 Å². The van der Waals surface area contributed by atoms with E-state index in [1.165, 1.54) is 12.1 Å². The lowest BCUT2D eigenvalue weighted by atomic mass is 9.73. The molecule has 1 saturated heterocycles. The van der Waals surface area contributed by atoms with Crippen LogP contribution in [0.5, 0.6) is 0 Å². The molecule has 6 rings (SSSR count). The van der Waals surface area contributed by atoms with E-state index < -0.39 is 21.1 Å². The van der Waals surface area contributed by atoms with E-state index in [4.69, 9.17) is 9.40 Å². The zero-order valence-corrected chi connectivity index (χ0v) is 23.0. The monoisotopic (exact) mass is 562 g/mol. The second kappa shape index (κ2) is 10.4. The molecule has 1 aromatic carbocycles. The van der Waals surface area contributed by atoms with Gasteiger partial charge in [0.15, 0.2) is 9.84 Å². The van der Waals surface area contributed by atoms with Gasteiger partial charge in [0.1, 0.15) is 28.7 Å². The first-order valence-electron chi connectivity index (χ1n) is 13.9. The minimum Gasteiger partial charge on any atom is -0.439 e. The number of hydrogen-bond acceptors (Lipinski definition) is 8. The average Bonchev–Trinajstić information content (AvgIpc) is 3.60. The van der Waals surface area contributed by atoms with Crippen LogP contribution in [0.25, 0.3) is 22.8 Å². The van der Waals surface area contributed by atoms with Crippen LogP contribution in [0.2, 0.25) is 0 Å². The molecule has 2 saturated carbocycles. The molecule has 1 aliphatic heterocycles. The highest BCUT2D eigenvalue weighted by atomic mass is 32.2. The number of carbonyl (C=O) groups excluding carboxylic acids is 1. The number of halogens is 1. The third kappa shape index (κ3) is 5.39. The van der Waals surface area contributed by atoms with Crippen LogP contribution in [0, 0.1) is 28.5 Å². The van der Waals surface area contributed by atoms with Crippen LogP contribution in [0.1, 0.15) is 56.6 Å². The summed E-state index contributed by atoms with van der Waals surface area (Å²) in [4.78, 5) is 24.5. The van der Waals surface area contributed by atoms with Crippen LogP contribution in [0.3, 0.4) is 0 Å². The molecule has 0 bridgehead atoms. The largest absolute Gasteiger partial charge is 0.439 e. The summed E-state index contributed by atoms with van der Waals surface area (Å²) < 4.78 is 43.6. The standard InChI is InChI=1S/C30H31FN4O4S/c31-21-7-10-25(33-18-21)29-34-27(20-5-8-22(9-6-20)35-13-15-40(37,38)16-14-35)28(39-29)24-4-2-1-3-23(24)26(36)17-30(19-32)11-12-30/h5-10,18,23-24H,1-4,11-17H2/t23-,24-/m1/s1. The fourth-order valence-corrected chi connectivity index (χ4v) is 7.18. The minimum atomic E-state index is -2.98. The number of oxazole rings is 1. The molecular formula is C30H31FN4O4S. The van der Waals surface area contributed by atoms with E-state index in [0.717, 1.165) is 56.0 Å². The van der Waals surface area contributed by atoms with Crippen molar-refractivity contribution in [3.05, 3.63) is 54.2 Å². The fraction of sp³-hybridized carbons (Fsp3) is 0.467. The molecule has 0 amide bonds. The summed E-state index contributed by atoms with van der Waals surface area (Å²) in [7, 11) is -2.98. The lowest BCUT2D eigenvalue weighted by molar-refractivity contribution is -0.125. The Morgan fingerprint density at radius 3 is 2.48 bits per heavy atom. The van der Waals surface area contributed by atoms with Crippen molar-refractivity contribution in [1.29, 1.82) is 5.26 Å². The van der Waals surface area contributed by atoms with E-state index in [0.29, 0.717) is 30.2 Å². The molecule has 0 radical (unpaired) electrons. The van der Waals surface area contributed by atoms with Crippen LogP contribution in [-0.4, -0.2) is 48.8 Å². The number of nitriles is 1. The number of sulfone groups is 1. The molecule has 2 aliphatic carbocycles. The van der Waals surface area contributed by atoms with Crippen molar-refractivity contribution in [3.8, 4) is 28.9 Å². The molecule has 3 aliphatic rings. The summed E-state index contributed by atoms with van der Waals surface area (Å²) in [5.41, 5.74) is 2.27. The van der Waals surface area contributed by atoms with Gasteiger partial charge in [0.25, 0.3) is 0 Å². The molecule has 10 heteroatoms. The molecule has 0 N–H and O–H groups in total. The summed E-state index contributed by atoms with van der Waals surface area (Å²) in [5, 5.41) is 9.57. The van der Waals surface area contributed by atoms with Crippen molar-refractivity contribution in [2.24, 2.45) is 11.3 Å². The van der Waals surface area contributed by atoms with Crippen molar-refractivity contribution >= 4 is 21.3 Å². The Morgan fingerprint density at radius 1 is 1.10 bits per heavy atom. The first-order valence-corrected chi connectivity index (χ1v) is 15.7. The molecule has 3 fully saturated rings. The first kappa shape index (κ1) is 26.6. The molecule has 0 unspecified atom stereocenters. The second-order valence-corrected chi connectivity index (χ2v) is 13.6. The van der Waals surface area contributed by atoms with E-state index in [1.54, 1.807) is 0 Å². The number of ketones is 1. The highest BCUT2D eigenvalue weighted by Crippen LogP contribution is 2.51. The summed E-state index contributed by atoms with van der Waals surface area (Å²) in [5.74, 6) is 0.389. The van der Waals surface area contributed by atoms with E-state index in [1.807, 2.05) is 24.3 Å². The zero-order chi connectivity index (χ0) is 27.9. The number of rotatable bonds is 7. The Balaban J connectivity index is 1.35. The number of nitrogens with zero attached hydrogens (tertiary/aromatic N) is 4. The van der Waals surface area contributed by atoms with Crippen LogP contribution in [0.15, 0.2) is 47.0 Å². The third-order valence-electron chi connectivity index (χ3n) is 8.57. The smallest absolute Gasteiger partial charge is 0.245 e. The van der Waals surface area contributed by atoms with Crippen molar-refractivity contribution in [1.82, 2.24) is 9.97 Å². The van der Waals surface area contributed by atoms with Crippen molar-refractivity contribution < 1.29 is 22.0 Å². The van der Waals surface area contributed by atoms with Crippen LogP contribution < -0.4 is 4.90 Å². The molecule has 2 aromatic heterocycles. The maximum atomic E-state index is 13.6. The lowest BCUT2D eigenvalue weighted by Gasteiger charge is -2.30. The van der Waals surface area contributed by atoms with Gasteiger partial charge in [-0.2, -0.15) is 5.26 Å². The van der Waals surface area contributed by atoms with Gasteiger partial charge in [0.2, 0.25) is 5.89 Å². The molecule has 3 aromatic rings. The predicted molar refractivity (Wildman–Crippen MR) is 148 cm³/mol. The Morgan fingerprint density at radius 2 is 1.82 bits per heavy atom. The van der Waals surface area contributed by atoms with Gasteiger partial charge in [0, 0.05) is 42.6 Å². The zero-order valence-electron chi connectivity index (χ0n) is 22.2. The summed E-state index contributed by atoms with van der Waals surface area (Å²) in [6, 6.07) is 13.0.